The molecule has 2 unspecified atom stereocenters. The van der Waals surface area contributed by atoms with E-state index in [2.05, 4.69) is 5.32 Å². The smallest absolute Gasteiger partial charge is 0.409 e. The monoisotopic (exact) mass is 314 g/mol. The van der Waals surface area contributed by atoms with Gasteiger partial charge in [0.05, 0.1) is 12.5 Å². The number of likely N-dealkylation sites (tertiary alicyclic amines) is 1. The Morgan fingerprint density at radius 2 is 2.09 bits per heavy atom. The number of nitrogens with one attached hydrogen (secondary N) is 1. The lowest BCUT2D eigenvalue weighted by Gasteiger charge is -2.38. The first-order chi connectivity index (χ1) is 10.5. The van der Waals surface area contributed by atoms with Crippen molar-refractivity contribution in [3.63, 3.8) is 0 Å². The van der Waals surface area contributed by atoms with Crippen LogP contribution in [0.3, 0.4) is 0 Å². The largest absolute Gasteiger partial charge is 0.480 e. The number of rotatable bonds is 4. The lowest BCUT2D eigenvalue weighted by atomic mass is 9.80. The summed E-state index contributed by atoms with van der Waals surface area (Å²) in [7, 11) is 0. The first-order valence-electron chi connectivity index (χ1n) is 7.97. The summed E-state index contributed by atoms with van der Waals surface area (Å²) in [5.41, 5.74) is 0. The van der Waals surface area contributed by atoms with Crippen LogP contribution in [-0.4, -0.2) is 53.7 Å². The number of carbonyl (C=O) groups is 3. The number of carboxylic acids is 1. The van der Waals surface area contributed by atoms with Crippen molar-refractivity contribution in [2.45, 2.75) is 46.1 Å². The Labute approximate surface area is 131 Å². The van der Waals surface area contributed by atoms with Crippen molar-refractivity contribution >= 4 is 18.0 Å². The van der Waals surface area contributed by atoms with Crippen LogP contribution in [0.5, 0.6) is 0 Å². The number of amides is 2. The fourth-order valence-corrected chi connectivity index (χ4v) is 2.89. The molecule has 2 rings (SSSR count). The van der Waals surface area contributed by atoms with E-state index in [9.17, 15) is 14.4 Å². The molecule has 0 aromatic carbocycles. The van der Waals surface area contributed by atoms with Gasteiger partial charge in [-0.2, -0.15) is 0 Å². The van der Waals surface area contributed by atoms with Crippen LogP contribution >= 0.6 is 0 Å². The molecule has 2 saturated heterocycles. The maximum absolute atomic E-state index is 11.7. The number of carbonyl (C=O) groups excluding carboxylic acids is 2. The fourth-order valence-electron chi connectivity index (χ4n) is 2.89. The maximum atomic E-state index is 11.7. The molecule has 2 aliphatic rings. The molecule has 7 heteroatoms. The molecule has 0 saturated carbocycles. The zero-order valence-electron chi connectivity index (χ0n) is 13.5. The zero-order valence-corrected chi connectivity index (χ0v) is 13.5. The number of β-lactam (4-membered cyclic amide) rings is 1. The average molecular weight is 314 g/mol. The van der Waals surface area contributed by atoms with E-state index in [-0.39, 0.29) is 17.9 Å². The number of hydrogen-bond acceptors (Lipinski definition) is 4. The van der Waals surface area contributed by atoms with E-state index in [1.54, 1.807) is 11.8 Å². The minimum absolute atomic E-state index is 0.158. The summed E-state index contributed by atoms with van der Waals surface area (Å²) in [5.74, 6) is -1.51. The molecule has 0 aromatic heterocycles. The minimum atomic E-state index is -0.993. The Bertz CT molecular complexity index is 413. The van der Waals surface area contributed by atoms with E-state index in [0.29, 0.717) is 26.1 Å². The van der Waals surface area contributed by atoms with Crippen molar-refractivity contribution < 1.29 is 24.2 Å². The van der Waals surface area contributed by atoms with Gasteiger partial charge in [-0.1, -0.05) is 13.8 Å². The molecular formula is C15H26N2O5. The number of aliphatic carboxylic acids is 1. The summed E-state index contributed by atoms with van der Waals surface area (Å²) in [6.45, 7) is 7.30. The molecule has 22 heavy (non-hydrogen) atoms. The van der Waals surface area contributed by atoms with Gasteiger partial charge in [0.2, 0.25) is 5.91 Å². The molecule has 0 spiro atoms. The van der Waals surface area contributed by atoms with Gasteiger partial charge in [0, 0.05) is 13.1 Å². The molecule has 0 aliphatic carbocycles. The van der Waals surface area contributed by atoms with E-state index in [4.69, 9.17) is 9.84 Å². The van der Waals surface area contributed by atoms with Crippen molar-refractivity contribution in [1.29, 1.82) is 0 Å². The number of hydrogen-bond donors (Lipinski definition) is 2. The Balaban J connectivity index is 0.00000116. The van der Waals surface area contributed by atoms with Crippen LogP contribution in [0.1, 0.15) is 40.0 Å². The van der Waals surface area contributed by atoms with Gasteiger partial charge in [0.15, 0.2) is 0 Å². The molecule has 2 amide bonds. The summed E-state index contributed by atoms with van der Waals surface area (Å²) in [5, 5.41) is 11.4. The van der Waals surface area contributed by atoms with Gasteiger partial charge in [-0.25, -0.2) is 9.59 Å². The standard InChI is InChI=1S/C13H20N2O5.C2H6/c1-2-20-13(19)15-5-3-4-8(7-15)6-9-10(12(17)18)14-11(9)16;1-2/h8-10H,2-7H2,1H3,(H,14,16)(H,17,18);1-2H3/t8?,9-,10?;/m1./s1. The lowest BCUT2D eigenvalue weighted by molar-refractivity contribution is -0.154. The molecule has 2 aliphatic heterocycles. The second-order valence-corrected chi connectivity index (χ2v) is 5.32. The molecule has 0 bridgehead atoms. The third-order valence-corrected chi connectivity index (χ3v) is 3.94. The van der Waals surface area contributed by atoms with E-state index >= 15 is 0 Å². The number of carboxylic acid groups (broad SMARTS) is 1. The summed E-state index contributed by atoms with van der Waals surface area (Å²) in [4.78, 5) is 35.7. The van der Waals surface area contributed by atoms with Crippen molar-refractivity contribution in [3.05, 3.63) is 0 Å². The van der Waals surface area contributed by atoms with Gasteiger partial charge in [-0.15, -0.1) is 0 Å². The third kappa shape index (κ3) is 4.35. The molecule has 2 heterocycles. The number of ether oxygens (including phenoxy) is 1. The molecule has 126 valence electrons. The lowest BCUT2D eigenvalue weighted by Crippen LogP contribution is -2.62. The van der Waals surface area contributed by atoms with E-state index in [1.165, 1.54) is 0 Å². The highest BCUT2D eigenvalue weighted by atomic mass is 16.6. The highest BCUT2D eigenvalue weighted by molar-refractivity contribution is 5.96. The molecule has 2 N–H and O–H groups in total. The van der Waals surface area contributed by atoms with Gasteiger partial charge in [0.1, 0.15) is 6.04 Å². The zero-order chi connectivity index (χ0) is 16.7. The topological polar surface area (TPSA) is 95.9 Å². The van der Waals surface area contributed by atoms with Crippen LogP contribution in [0.2, 0.25) is 0 Å². The van der Waals surface area contributed by atoms with Gasteiger partial charge < -0.3 is 20.1 Å². The Hall–Kier alpha value is -1.79. The second kappa shape index (κ2) is 8.60. The Morgan fingerprint density at radius 1 is 1.41 bits per heavy atom. The van der Waals surface area contributed by atoms with Crippen LogP contribution < -0.4 is 5.32 Å². The predicted octanol–water partition coefficient (Wildman–Crippen LogP) is 1.47. The molecule has 7 nitrogen and oxygen atoms in total. The molecule has 0 aromatic rings. The van der Waals surface area contributed by atoms with Crippen LogP contribution in [0.4, 0.5) is 4.79 Å². The van der Waals surface area contributed by atoms with Crippen LogP contribution in [0.25, 0.3) is 0 Å². The summed E-state index contributed by atoms with van der Waals surface area (Å²) in [6.07, 6.45) is 1.95. The van der Waals surface area contributed by atoms with Crippen LogP contribution in [0, 0.1) is 11.8 Å². The van der Waals surface area contributed by atoms with Crippen molar-refractivity contribution in [3.8, 4) is 0 Å². The fraction of sp³-hybridized carbons (Fsp3) is 0.800. The summed E-state index contributed by atoms with van der Waals surface area (Å²) >= 11 is 0. The predicted molar refractivity (Wildman–Crippen MR) is 80.3 cm³/mol. The van der Waals surface area contributed by atoms with Crippen molar-refractivity contribution in [2.75, 3.05) is 19.7 Å². The Morgan fingerprint density at radius 3 is 2.64 bits per heavy atom. The minimum Gasteiger partial charge on any atom is -0.480 e. The van der Waals surface area contributed by atoms with Crippen LogP contribution in [-0.2, 0) is 14.3 Å². The molecule has 2 fully saturated rings. The highest BCUT2D eigenvalue weighted by Gasteiger charge is 2.45. The second-order valence-electron chi connectivity index (χ2n) is 5.32. The first-order valence-corrected chi connectivity index (χ1v) is 7.97. The average Bonchev–Trinajstić information content (AvgIpc) is 2.52. The van der Waals surface area contributed by atoms with Gasteiger partial charge in [-0.05, 0) is 32.1 Å². The van der Waals surface area contributed by atoms with E-state index in [0.717, 1.165) is 12.8 Å². The van der Waals surface area contributed by atoms with Gasteiger partial charge in [-0.3, -0.25) is 4.79 Å². The van der Waals surface area contributed by atoms with Gasteiger partial charge in [0.25, 0.3) is 0 Å². The SMILES string of the molecule is CC.CCOC(=O)N1CCCC(C[C@H]2C(=O)NC2C(=O)O)C1. The van der Waals surface area contributed by atoms with Crippen molar-refractivity contribution in [1.82, 2.24) is 10.2 Å². The molecular weight excluding hydrogens is 288 g/mol. The summed E-state index contributed by atoms with van der Waals surface area (Å²) in [6, 6.07) is -0.777. The number of piperidine rings is 1. The molecule has 3 atom stereocenters. The normalized spacial score (nSPS) is 27.0. The number of nitrogens with zero attached hydrogens (tertiary/aromatic N) is 1. The third-order valence-electron chi connectivity index (χ3n) is 3.94. The quantitative estimate of drug-likeness (QED) is 0.766. The highest BCUT2D eigenvalue weighted by Crippen LogP contribution is 2.29. The van der Waals surface area contributed by atoms with Crippen molar-refractivity contribution in [2.24, 2.45) is 11.8 Å². The van der Waals surface area contributed by atoms with E-state index in [1.807, 2.05) is 13.8 Å². The van der Waals surface area contributed by atoms with E-state index < -0.39 is 17.9 Å². The van der Waals surface area contributed by atoms with Crippen LogP contribution in [0.15, 0.2) is 0 Å². The molecule has 0 radical (unpaired) electrons. The Kier molecular flexibility index (Phi) is 7.14. The van der Waals surface area contributed by atoms with Gasteiger partial charge >= 0.3 is 12.1 Å². The maximum Gasteiger partial charge on any atom is 0.409 e. The first kappa shape index (κ1) is 18.3. The summed E-state index contributed by atoms with van der Waals surface area (Å²) < 4.78 is 4.97.